The number of hydrogen-bond acceptors (Lipinski definition) is 5. The number of hydrogen-bond donors (Lipinski definition) is 1. The van der Waals surface area contributed by atoms with Gasteiger partial charge in [-0.15, -0.1) is 0 Å². The number of rotatable bonds is 4. The van der Waals surface area contributed by atoms with Gasteiger partial charge in [-0.25, -0.2) is 0 Å². The molecular weight excluding hydrogens is 250 g/mol. The second kappa shape index (κ2) is 5.83. The van der Waals surface area contributed by atoms with Gasteiger partial charge in [-0.3, -0.25) is 14.5 Å². The predicted octanol–water partition coefficient (Wildman–Crippen LogP) is 0.216. The van der Waals surface area contributed by atoms with Gasteiger partial charge in [0.1, 0.15) is 0 Å². The molecule has 1 fully saturated rings. The minimum atomic E-state index is -0.796. The van der Waals surface area contributed by atoms with Crippen LogP contribution in [0.4, 0.5) is 0 Å². The first-order chi connectivity index (χ1) is 9.06. The van der Waals surface area contributed by atoms with E-state index in [1.54, 1.807) is 17.9 Å². The van der Waals surface area contributed by atoms with Gasteiger partial charge in [0.2, 0.25) is 5.76 Å². The van der Waals surface area contributed by atoms with Gasteiger partial charge in [-0.1, -0.05) is 5.16 Å². The van der Waals surface area contributed by atoms with Crippen LogP contribution in [0.1, 0.15) is 22.7 Å². The molecule has 1 N–H and O–H groups in total. The number of piperazine rings is 1. The van der Waals surface area contributed by atoms with Gasteiger partial charge >= 0.3 is 5.97 Å². The van der Waals surface area contributed by atoms with Crippen LogP contribution in [0.15, 0.2) is 10.6 Å². The van der Waals surface area contributed by atoms with Crippen molar-refractivity contribution >= 4 is 11.9 Å². The molecule has 1 aliphatic rings. The summed E-state index contributed by atoms with van der Waals surface area (Å²) in [5, 5.41) is 12.3. The van der Waals surface area contributed by atoms with E-state index < -0.39 is 5.97 Å². The topological polar surface area (TPSA) is 86.9 Å². The van der Waals surface area contributed by atoms with E-state index in [-0.39, 0.29) is 18.1 Å². The molecular formula is C12H17N3O4. The second-order valence-electron chi connectivity index (χ2n) is 4.61. The summed E-state index contributed by atoms with van der Waals surface area (Å²) in [6, 6.07) is 1.62. The Hall–Kier alpha value is -1.89. The van der Waals surface area contributed by atoms with Crippen LogP contribution < -0.4 is 0 Å². The average Bonchev–Trinajstić information content (AvgIpc) is 2.83. The minimum Gasteiger partial charge on any atom is -0.481 e. The van der Waals surface area contributed by atoms with Crippen molar-refractivity contribution in [2.24, 2.45) is 0 Å². The van der Waals surface area contributed by atoms with Crippen molar-refractivity contribution in [1.82, 2.24) is 15.0 Å². The van der Waals surface area contributed by atoms with E-state index in [4.69, 9.17) is 9.63 Å². The van der Waals surface area contributed by atoms with Crippen LogP contribution in [0.5, 0.6) is 0 Å². The lowest BCUT2D eigenvalue weighted by Gasteiger charge is -2.33. The standard InChI is InChI=1S/C12H17N3O4/c1-9-8-10(19-13-9)12(18)15-6-4-14(5-7-15)3-2-11(16)17/h8H,2-7H2,1H3,(H,16,17). The van der Waals surface area contributed by atoms with E-state index in [1.807, 2.05) is 4.90 Å². The molecule has 1 aliphatic heterocycles. The van der Waals surface area contributed by atoms with E-state index in [2.05, 4.69) is 5.16 Å². The highest BCUT2D eigenvalue weighted by atomic mass is 16.5. The Balaban J connectivity index is 1.83. The van der Waals surface area contributed by atoms with Gasteiger partial charge in [0.25, 0.3) is 5.91 Å². The lowest BCUT2D eigenvalue weighted by atomic mass is 10.2. The van der Waals surface area contributed by atoms with Gasteiger partial charge in [0.15, 0.2) is 0 Å². The molecule has 7 nitrogen and oxygen atoms in total. The van der Waals surface area contributed by atoms with Crippen molar-refractivity contribution in [1.29, 1.82) is 0 Å². The zero-order chi connectivity index (χ0) is 13.8. The molecule has 0 saturated carbocycles. The van der Waals surface area contributed by atoms with Gasteiger partial charge in [-0.2, -0.15) is 0 Å². The maximum Gasteiger partial charge on any atom is 0.304 e. The van der Waals surface area contributed by atoms with E-state index >= 15 is 0 Å². The van der Waals surface area contributed by atoms with Gasteiger partial charge < -0.3 is 14.5 Å². The van der Waals surface area contributed by atoms with Gasteiger partial charge in [0.05, 0.1) is 12.1 Å². The first-order valence-electron chi connectivity index (χ1n) is 6.23. The van der Waals surface area contributed by atoms with E-state index in [0.29, 0.717) is 38.4 Å². The van der Waals surface area contributed by atoms with Crippen molar-refractivity contribution < 1.29 is 19.2 Å². The normalized spacial score (nSPS) is 16.6. The summed E-state index contributed by atoms with van der Waals surface area (Å²) in [4.78, 5) is 26.3. The molecule has 0 unspecified atom stereocenters. The Morgan fingerprint density at radius 1 is 1.37 bits per heavy atom. The molecule has 2 heterocycles. The maximum absolute atomic E-state index is 12.1. The number of carbonyl (C=O) groups excluding carboxylic acids is 1. The number of amides is 1. The lowest BCUT2D eigenvalue weighted by molar-refractivity contribution is -0.137. The highest BCUT2D eigenvalue weighted by Crippen LogP contribution is 2.10. The van der Waals surface area contributed by atoms with E-state index in [1.165, 1.54) is 0 Å². The van der Waals surface area contributed by atoms with E-state index in [0.717, 1.165) is 0 Å². The van der Waals surface area contributed by atoms with Crippen molar-refractivity contribution in [2.45, 2.75) is 13.3 Å². The number of aryl methyl sites for hydroxylation is 1. The minimum absolute atomic E-state index is 0.134. The maximum atomic E-state index is 12.1. The SMILES string of the molecule is Cc1cc(C(=O)N2CCN(CCC(=O)O)CC2)on1. The molecule has 1 amide bonds. The molecule has 1 saturated heterocycles. The summed E-state index contributed by atoms with van der Waals surface area (Å²) in [7, 11) is 0. The summed E-state index contributed by atoms with van der Waals surface area (Å²) in [5.41, 5.74) is 0.684. The Labute approximate surface area is 110 Å². The lowest BCUT2D eigenvalue weighted by Crippen LogP contribution is -2.49. The molecule has 0 radical (unpaired) electrons. The molecule has 0 aliphatic carbocycles. The Morgan fingerprint density at radius 3 is 2.58 bits per heavy atom. The molecule has 0 bridgehead atoms. The Bertz CT molecular complexity index is 463. The average molecular weight is 267 g/mol. The van der Waals surface area contributed by atoms with Crippen LogP contribution in [0.25, 0.3) is 0 Å². The molecule has 0 aromatic carbocycles. The second-order valence-corrected chi connectivity index (χ2v) is 4.61. The summed E-state index contributed by atoms with van der Waals surface area (Å²) in [6.45, 7) is 4.83. The monoisotopic (exact) mass is 267 g/mol. The summed E-state index contributed by atoms with van der Waals surface area (Å²) >= 11 is 0. The predicted molar refractivity (Wildman–Crippen MR) is 65.8 cm³/mol. The molecule has 7 heteroatoms. The Morgan fingerprint density at radius 2 is 2.05 bits per heavy atom. The molecule has 1 aromatic heterocycles. The summed E-state index contributed by atoms with van der Waals surface area (Å²) in [5.74, 6) is -0.689. The van der Waals surface area contributed by atoms with Crippen LogP contribution in [-0.2, 0) is 4.79 Å². The number of aromatic nitrogens is 1. The number of carbonyl (C=O) groups is 2. The number of carboxylic acids is 1. The third-order valence-electron chi connectivity index (χ3n) is 3.14. The smallest absolute Gasteiger partial charge is 0.304 e. The fourth-order valence-electron chi connectivity index (χ4n) is 2.05. The Kier molecular flexibility index (Phi) is 4.16. The highest BCUT2D eigenvalue weighted by Gasteiger charge is 2.24. The zero-order valence-electron chi connectivity index (χ0n) is 10.8. The number of aliphatic carboxylic acids is 1. The largest absolute Gasteiger partial charge is 0.481 e. The first-order valence-corrected chi connectivity index (χ1v) is 6.23. The van der Waals surface area contributed by atoms with Crippen LogP contribution in [0.2, 0.25) is 0 Å². The molecule has 1 aromatic rings. The fraction of sp³-hybridized carbons (Fsp3) is 0.583. The van der Waals surface area contributed by atoms with Crippen LogP contribution in [0, 0.1) is 6.92 Å². The van der Waals surface area contributed by atoms with Crippen molar-refractivity contribution in [3.05, 3.63) is 17.5 Å². The van der Waals surface area contributed by atoms with Crippen molar-refractivity contribution in [2.75, 3.05) is 32.7 Å². The summed E-state index contributed by atoms with van der Waals surface area (Å²) < 4.78 is 4.95. The van der Waals surface area contributed by atoms with E-state index in [9.17, 15) is 9.59 Å². The third-order valence-corrected chi connectivity index (χ3v) is 3.14. The van der Waals surface area contributed by atoms with Gasteiger partial charge in [-0.05, 0) is 6.92 Å². The number of nitrogens with zero attached hydrogens (tertiary/aromatic N) is 3. The third kappa shape index (κ3) is 3.54. The summed E-state index contributed by atoms with van der Waals surface area (Å²) in [6.07, 6.45) is 0.134. The van der Waals surface area contributed by atoms with Crippen LogP contribution in [0.3, 0.4) is 0 Å². The highest BCUT2D eigenvalue weighted by molar-refractivity contribution is 5.91. The molecule has 0 spiro atoms. The molecule has 0 atom stereocenters. The van der Waals surface area contributed by atoms with Gasteiger partial charge in [0, 0.05) is 38.8 Å². The van der Waals surface area contributed by atoms with Crippen molar-refractivity contribution in [3.63, 3.8) is 0 Å². The first kappa shape index (κ1) is 13.5. The zero-order valence-corrected chi connectivity index (χ0v) is 10.8. The van der Waals surface area contributed by atoms with Crippen molar-refractivity contribution in [3.8, 4) is 0 Å². The molecule has 104 valence electrons. The fourth-order valence-corrected chi connectivity index (χ4v) is 2.05. The molecule has 2 rings (SSSR count). The quantitative estimate of drug-likeness (QED) is 0.839. The van der Waals surface area contributed by atoms with Crippen LogP contribution >= 0.6 is 0 Å². The number of carboxylic acid groups (broad SMARTS) is 1. The van der Waals surface area contributed by atoms with Crippen LogP contribution in [-0.4, -0.2) is 64.7 Å². The molecule has 19 heavy (non-hydrogen) atoms.